The van der Waals surface area contributed by atoms with Crippen molar-refractivity contribution in [2.24, 2.45) is 5.92 Å². The maximum absolute atomic E-state index is 10.9. The van der Waals surface area contributed by atoms with E-state index in [1.54, 1.807) is 0 Å². The molecule has 0 aromatic heterocycles. The molecule has 0 aliphatic heterocycles. The van der Waals surface area contributed by atoms with Gasteiger partial charge in [-0.05, 0) is 19.3 Å². The fraction of sp³-hybridized carbons (Fsp3) is 0.900. The summed E-state index contributed by atoms with van der Waals surface area (Å²) < 4.78 is 0. The Morgan fingerprint density at radius 2 is 1.86 bits per heavy atom. The molecule has 1 fully saturated rings. The first kappa shape index (κ1) is 13.4. The molecule has 0 amide bonds. The number of carboxylic acid groups (broad SMARTS) is 1. The normalized spacial score (nSPS) is 22.1. The molecule has 0 heterocycles. The zero-order chi connectivity index (χ0) is 9.90. The van der Waals surface area contributed by atoms with Crippen molar-refractivity contribution in [3.63, 3.8) is 0 Å². The van der Waals surface area contributed by atoms with Crippen LogP contribution < -0.4 is 0 Å². The average Bonchev–Trinajstić information content (AvgIpc) is 2.05. The van der Waals surface area contributed by atoms with Crippen LogP contribution >= 0.6 is 0 Å². The van der Waals surface area contributed by atoms with E-state index < -0.39 is 17.5 Å². The number of carbonyl (C=O) groups is 1. The monoisotopic (exact) mass is 204 g/mol. The molecule has 1 aliphatic carbocycles. The predicted molar refractivity (Wildman–Crippen MR) is 53.1 cm³/mol. The standard InChI is InChI=1S/C10H18O3.H2O/c1-2-8(9(11)12)10(13)6-4-3-5-7-10;/h8,13H,2-7H2,1H3,(H,11,12);1H2. The molecule has 0 aromatic rings. The van der Waals surface area contributed by atoms with Gasteiger partial charge >= 0.3 is 5.97 Å². The van der Waals surface area contributed by atoms with E-state index >= 15 is 0 Å². The second-order valence-corrected chi connectivity index (χ2v) is 3.96. The lowest BCUT2D eigenvalue weighted by Gasteiger charge is -2.36. The van der Waals surface area contributed by atoms with Crippen LogP contribution in [0.2, 0.25) is 0 Å². The third-order valence-corrected chi connectivity index (χ3v) is 3.07. The van der Waals surface area contributed by atoms with E-state index in [1.165, 1.54) is 0 Å². The minimum atomic E-state index is -0.932. The first-order valence-electron chi connectivity index (χ1n) is 5.05. The van der Waals surface area contributed by atoms with Crippen molar-refractivity contribution in [3.8, 4) is 0 Å². The molecule has 4 N–H and O–H groups in total. The fourth-order valence-electron chi connectivity index (χ4n) is 2.30. The van der Waals surface area contributed by atoms with Gasteiger partial charge in [-0.2, -0.15) is 0 Å². The maximum Gasteiger partial charge on any atom is 0.309 e. The predicted octanol–water partition coefficient (Wildman–Crippen LogP) is 0.968. The average molecular weight is 204 g/mol. The summed E-state index contributed by atoms with van der Waals surface area (Å²) in [6.07, 6.45) is 4.86. The number of aliphatic carboxylic acids is 1. The highest BCUT2D eigenvalue weighted by Gasteiger charge is 2.40. The van der Waals surface area contributed by atoms with Crippen molar-refractivity contribution < 1.29 is 20.5 Å². The summed E-state index contributed by atoms with van der Waals surface area (Å²) >= 11 is 0. The highest BCUT2D eigenvalue weighted by Crippen LogP contribution is 2.35. The van der Waals surface area contributed by atoms with Gasteiger partial charge in [0.1, 0.15) is 0 Å². The largest absolute Gasteiger partial charge is 0.481 e. The second kappa shape index (κ2) is 5.32. The first-order valence-corrected chi connectivity index (χ1v) is 5.05. The topological polar surface area (TPSA) is 89.0 Å². The molecule has 4 heteroatoms. The van der Waals surface area contributed by atoms with E-state index in [1.807, 2.05) is 6.92 Å². The summed E-state index contributed by atoms with van der Waals surface area (Å²) in [5, 5.41) is 19.1. The van der Waals surface area contributed by atoms with Crippen LogP contribution in [0.1, 0.15) is 45.4 Å². The Morgan fingerprint density at radius 3 is 2.21 bits per heavy atom. The van der Waals surface area contributed by atoms with Crippen molar-refractivity contribution in [2.45, 2.75) is 51.0 Å². The molecule has 0 radical (unpaired) electrons. The van der Waals surface area contributed by atoms with Gasteiger partial charge in [0, 0.05) is 0 Å². The molecule has 1 aliphatic rings. The van der Waals surface area contributed by atoms with Gasteiger partial charge in [0.05, 0.1) is 11.5 Å². The molecule has 0 aromatic carbocycles. The molecule has 14 heavy (non-hydrogen) atoms. The van der Waals surface area contributed by atoms with Crippen LogP contribution in [0.5, 0.6) is 0 Å². The molecule has 0 spiro atoms. The lowest BCUT2D eigenvalue weighted by Crippen LogP contribution is -2.43. The SMILES string of the molecule is CCC(C(=O)O)C1(O)CCCCC1.O. The maximum atomic E-state index is 10.9. The van der Waals surface area contributed by atoms with E-state index in [0.29, 0.717) is 19.3 Å². The van der Waals surface area contributed by atoms with E-state index in [0.717, 1.165) is 19.3 Å². The Labute approximate surface area is 84.2 Å². The van der Waals surface area contributed by atoms with Crippen LogP contribution in [0.3, 0.4) is 0 Å². The van der Waals surface area contributed by atoms with Crippen LogP contribution in [-0.2, 0) is 4.79 Å². The van der Waals surface area contributed by atoms with E-state index in [2.05, 4.69) is 0 Å². The van der Waals surface area contributed by atoms with Crippen LogP contribution in [-0.4, -0.2) is 27.3 Å². The first-order chi connectivity index (χ1) is 6.10. The van der Waals surface area contributed by atoms with E-state index in [-0.39, 0.29) is 5.48 Å². The summed E-state index contributed by atoms with van der Waals surface area (Å²) in [6, 6.07) is 0. The van der Waals surface area contributed by atoms with Gasteiger partial charge in [0.25, 0.3) is 0 Å². The molecular weight excluding hydrogens is 184 g/mol. The minimum absolute atomic E-state index is 0. The summed E-state index contributed by atoms with van der Waals surface area (Å²) in [6.45, 7) is 1.82. The third kappa shape index (κ3) is 2.69. The Balaban J connectivity index is 0.00000169. The fourth-order valence-corrected chi connectivity index (χ4v) is 2.30. The number of hydrogen-bond acceptors (Lipinski definition) is 2. The van der Waals surface area contributed by atoms with Gasteiger partial charge in [0.2, 0.25) is 0 Å². The van der Waals surface area contributed by atoms with E-state index in [9.17, 15) is 9.90 Å². The van der Waals surface area contributed by atoms with Gasteiger partial charge in [-0.15, -0.1) is 0 Å². The van der Waals surface area contributed by atoms with Gasteiger partial charge in [-0.25, -0.2) is 0 Å². The number of rotatable bonds is 3. The molecule has 84 valence electrons. The van der Waals surface area contributed by atoms with Crippen LogP contribution in [0.25, 0.3) is 0 Å². The minimum Gasteiger partial charge on any atom is -0.481 e. The Morgan fingerprint density at radius 1 is 1.36 bits per heavy atom. The van der Waals surface area contributed by atoms with Crippen molar-refractivity contribution in [3.05, 3.63) is 0 Å². The molecular formula is C10H20O4. The Hall–Kier alpha value is -0.610. The summed E-state index contributed by atoms with van der Waals surface area (Å²) in [4.78, 5) is 10.9. The molecule has 0 bridgehead atoms. The summed E-state index contributed by atoms with van der Waals surface area (Å²) in [7, 11) is 0. The van der Waals surface area contributed by atoms with Crippen molar-refractivity contribution in [2.75, 3.05) is 0 Å². The van der Waals surface area contributed by atoms with Gasteiger partial charge in [-0.3, -0.25) is 4.79 Å². The van der Waals surface area contributed by atoms with Crippen LogP contribution in [0, 0.1) is 5.92 Å². The smallest absolute Gasteiger partial charge is 0.309 e. The zero-order valence-electron chi connectivity index (χ0n) is 8.62. The quantitative estimate of drug-likeness (QED) is 0.717. The molecule has 1 atom stereocenters. The van der Waals surface area contributed by atoms with Crippen molar-refractivity contribution >= 4 is 5.97 Å². The van der Waals surface area contributed by atoms with Crippen molar-refractivity contribution in [1.82, 2.24) is 0 Å². The lowest BCUT2D eigenvalue weighted by molar-refractivity contribution is -0.155. The molecule has 4 nitrogen and oxygen atoms in total. The highest BCUT2D eigenvalue weighted by atomic mass is 16.4. The molecule has 0 saturated heterocycles. The number of carboxylic acids is 1. The highest BCUT2D eigenvalue weighted by molar-refractivity contribution is 5.71. The zero-order valence-corrected chi connectivity index (χ0v) is 8.62. The Bertz CT molecular complexity index is 185. The number of hydrogen-bond donors (Lipinski definition) is 2. The van der Waals surface area contributed by atoms with Gasteiger partial charge < -0.3 is 15.7 Å². The molecule has 1 rings (SSSR count). The van der Waals surface area contributed by atoms with E-state index in [4.69, 9.17) is 5.11 Å². The molecule has 1 unspecified atom stereocenters. The summed E-state index contributed by atoms with van der Waals surface area (Å²) in [5.74, 6) is -1.43. The molecule has 1 saturated carbocycles. The Kier molecular flexibility index (Phi) is 5.08. The lowest BCUT2D eigenvalue weighted by atomic mass is 9.74. The van der Waals surface area contributed by atoms with Gasteiger partial charge in [-0.1, -0.05) is 26.2 Å². The van der Waals surface area contributed by atoms with Gasteiger partial charge in [0.15, 0.2) is 0 Å². The number of aliphatic hydroxyl groups is 1. The van der Waals surface area contributed by atoms with Crippen molar-refractivity contribution in [1.29, 1.82) is 0 Å². The summed E-state index contributed by atoms with van der Waals surface area (Å²) in [5.41, 5.74) is -0.932. The van der Waals surface area contributed by atoms with Crippen LogP contribution in [0.15, 0.2) is 0 Å². The third-order valence-electron chi connectivity index (χ3n) is 3.07. The second-order valence-electron chi connectivity index (χ2n) is 3.96. The van der Waals surface area contributed by atoms with Crippen LogP contribution in [0.4, 0.5) is 0 Å².